The number of carbonyl (C=O) groups excluding carboxylic acids is 1. The van der Waals surface area contributed by atoms with Crippen LogP contribution in [0.1, 0.15) is 23.2 Å². The molecule has 7 heteroatoms. The van der Waals surface area contributed by atoms with Gasteiger partial charge in [-0.2, -0.15) is 5.10 Å². The summed E-state index contributed by atoms with van der Waals surface area (Å²) in [5, 5.41) is 11.3. The molecule has 0 unspecified atom stereocenters. The zero-order valence-corrected chi connectivity index (χ0v) is 13.9. The number of hydrogen-bond donors (Lipinski definition) is 1. The molecule has 0 aliphatic carbocycles. The van der Waals surface area contributed by atoms with Gasteiger partial charge in [-0.15, -0.1) is 5.10 Å². The molecule has 1 aromatic carbocycles. The van der Waals surface area contributed by atoms with Crippen molar-refractivity contribution in [3.8, 4) is 11.5 Å². The summed E-state index contributed by atoms with van der Waals surface area (Å²) in [4.78, 5) is 14.8. The van der Waals surface area contributed by atoms with Crippen molar-refractivity contribution in [1.29, 1.82) is 0 Å². The lowest BCUT2D eigenvalue weighted by Crippen LogP contribution is -2.42. The van der Waals surface area contributed by atoms with E-state index in [-0.39, 0.29) is 5.91 Å². The highest BCUT2D eigenvalue weighted by molar-refractivity contribution is 5.98. The van der Waals surface area contributed by atoms with Crippen LogP contribution in [0.2, 0.25) is 0 Å². The Balaban J connectivity index is 1.40. The Hall–Kier alpha value is -2.83. The van der Waals surface area contributed by atoms with E-state index in [1.54, 1.807) is 12.3 Å². The third kappa shape index (κ3) is 3.35. The molecule has 2 aromatic rings. The minimum absolute atomic E-state index is 0.000280. The topological polar surface area (TPSA) is 76.6 Å². The third-order valence-electron chi connectivity index (χ3n) is 4.50. The minimum atomic E-state index is 0.000280. The Morgan fingerprint density at radius 2 is 1.96 bits per heavy atom. The molecule has 1 amide bonds. The molecule has 3 heterocycles. The number of likely N-dealkylation sites (tertiary alicyclic amines) is 1. The largest absolute Gasteiger partial charge is 0.486 e. The lowest BCUT2D eigenvalue weighted by Gasteiger charge is -2.33. The minimum Gasteiger partial charge on any atom is -0.486 e. The standard InChI is InChI=1S/C18H20N4O3/c23-18(14-3-1-4-15-17(14)25-12-11-24-15)22-9-6-13(7-10-22)20-16-5-2-8-19-21-16/h1-5,8,13H,6-7,9-12H2,(H,20,21). The van der Waals surface area contributed by atoms with Gasteiger partial charge in [0.15, 0.2) is 11.5 Å². The molecular weight excluding hydrogens is 320 g/mol. The van der Waals surface area contributed by atoms with Crippen LogP contribution in [0.15, 0.2) is 36.5 Å². The van der Waals surface area contributed by atoms with Crippen LogP contribution < -0.4 is 14.8 Å². The molecule has 4 rings (SSSR count). The monoisotopic (exact) mass is 340 g/mol. The first-order chi connectivity index (χ1) is 12.3. The second-order valence-electron chi connectivity index (χ2n) is 6.15. The highest BCUT2D eigenvalue weighted by Gasteiger charge is 2.27. The van der Waals surface area contributed by atoms with Gasteiger partial charge >= 0.3 is 0 Å². The van der Waals surface area contributed by atoms with Crippen molar-refractivity contribution in [1.82, 2.24) is 15.1 Å². The fourth-order valence-electron chi connectivity index (χ4n) is 3.23. The average Bonchev–Trinajstić information content (AvgIpc) is 2.68. The highest BCUT2D eigenvalue weighted by Crippen LogP contribution is 2.34. The molecule has 130 valence electrons. The van der Waals surface area contributed by atoms with Gasteiger partial charge in [-0.1, -0.05) is 6.07 Å². The zero-order valence-electron chi connectivity index (χ0n) is 13.9. The van der Waals surface area contributed by atoms with Gasteiger partial charge in [0.1, 0.15) is 19.0 Å². The summed E-state index contributed by atoms with van der Waals surface area (Å²) in [5.41, 5.74) is 0.581. The van der Waals surface area contributed by atoms with E-state index < -0.39 is 0 Å². The number of para-hydroxylation sites is 1. The van der Waals surface area contributed by atoms with E-state index in [1.807, 2.05) is 29.2 Å². The van der Waals surface area contributed by atoms with Crippen molar-refractivity contribution in [2.75, 3.05) is 31.6 Å². The molecular formula is C18H20N4O3. The number of nitrogens with zero attached hydrogens (tertiary/aromatic N) is 3. The van der Waals surface area contributed by atoms with Crippen LogP contribution in [-0.4, -0.2) is 53.3 Å². The van der Waals surface area contributed by atoms with Gasteiger partial charge in [-0.25, -0.2) is 0 Å². The SMILES string of the molecule is O=C(c1cccc2c1OCCO2)N1CCC(Nc2cccnn2)CC1. The average molecular weight is 340 g/mol. The lowest BCUT2D eigenvalue weighted by molar-refractivity contribution is 0.0708. The second kappa shape index (κ2) is 6.96. The number of amides is 1. The molecule has 7 nitrogen and oxygen atoms in total. The maximum Gasteiger partial charge on any atom is 0.257 e. The number of fused-ring (bicyclic) bond motifs is 1. The number of nitrogens with one attached hydrogen (secondary N) is 1. The van der Waals surface area contributed by atoms with E-state index in [0.29, 0.717) is 49.4 Å². The molecule has 1 saturated heterocycles. The molecule has 0 spiro atoms. The van der Waals surface area contributed by atoms with Gasteiger partial charge in [-0.05, 0) is 37.1 Å². The van der Waals surface area contributed by atoms with E-state index in [4.69, 9.17) is 9.47 Å². The van der Waals surface area contributed by atoms with E-state index in [2.05, 4.69) is 15.5 Å². The van der Waals surface area contributed by atoms with Gasteiger partial charge < -0.3 is 19.7 Å². The van der Waals surface area contributed by atoms with Crippen LogP contribution >= 0.6 is 0 Å². The van der Waals surface area contributed by atoms with Crippen molar-refractivity contribution in [3.63, 3.8) is 0 Å². The summed E-state index contributed by atoms with van der Waals surface area (Å²) in [5.74, 6) is 1.99. The second-order valence-corrected chi connectivity index (χ2v) is 6.15. The Kier molecular flexibility index (Phi) is 4.37. The van der Waals surface area contributed by atoms with Gasteiger partial charge in [0, 0.05) is 25.3 Å². The molecule has 0 saturated carbocycles. The summed E-state index contributed by atoms with van der Waals surface area (Å²) in [7, 11) is 0. The lowest BCUT2D eigenvalue weighted by atomic mass is 10.0. The van der Waals surface area contributed by atoms with Crippen molar-refractivity contribution in [2.24, 2.45) is 0 Å². The van der Waals surface area contributed by atoms with Gasteiger partial charge in [0.05, 0.1) is 5.56 Å². The number of piperidine rings is 1. The number of ether oxygens (including phenoxy) is 2. The normalized spacial score (nSPS) is 17.2. The zero-order chi connectivity index (χ0) is 17.1. The predicted octanol–water partition coefficient (Wildman–Crippen LogP) is 1.96. The molecule has 0 radical (unpaired) electrons. The molecule has 1 aromatic heterocycles. The molecule has 2 aliphatic heterocycles. The number of carbonyl (C=O) groups is 1. The number of aromatic nitrogens is 2. The number of rotatable bonds is 3. The van der Waals surface area contributed by atoms with Gasteiger partial charge in [0.25, 0.3) is 5.91 Å². The molecule has 0 bridgehead atoms. The summed E-state index contributed by atoms with van der Waals surface area (Å²) in [6, 6.07) is 9.53. The van der Waals surface area contributed by atoms with Crippen molar-refractivity contribution >= 4 is 11.7 Å². The fraction of sp³-hybridized carbons (Fsp3) is 0.389. The number of anilines is 1. The van der Waals surface area contributed by atoms with Crippen LogP contribution in [0, 0.1) is 0 Å². The number of hydrogen-bond acceptors (Lipinski definition) is 6. The van der Waals surface area contributed by atoms with Crippen LogP contribution in [0.5, 0.6) is 11.5 Å². The maximum atomic E-state index is 12.9. The Morgan fingerprint density at radius 1 is 1.12 bits per heavy atom. The molecule has 2 aliphatic rings. The van der Waals surface area contributed by atoms with Crippen molar-refractivity contribution in [2.45, 2.75) is 18.9 Å². The van der Waals surface area contributed by atoms with E-state index in [9.17, 15) is 4.79 Å². The van der Waals surface area contributed by atoms with E-state index in [0.717, 1.165) is 18.7 Å². The Bertz CT molecular complexity index is 745. The molecule has 1 fully saturated rings. The van der Waals surface area contributed by atoms with Crippen LogP contribution in [0.25, 0.3) is 0 Å². The van der Waals surface area contributed by atoms with Crippen molar-refractivity contribution in [3.05, 3.63) is 42.1 Å². The first-order valence-corrected chi connectivity index (χ1v) is 8.53. The Labute approximate surface area is 146 Å². The predicted molar refractivity (Wildman–Crippen MR) is 92.0 cm³/mol. The summed E-state index contributed by atoms with van der Waals surface area (Å²) in [6.07, 6.45) is 3.39. The van der Waals surface area contributed by atoms with Gasteiger partial charge in [-0.3, -0.25) is 4.79 Å². The van der Waals surface area contributed by atoms with Crippen LogP contribution in [-0.2, 0) is 0 Å². The Morgan fingerprint density at radius 3 is 2.76 bits per heavy atom. The van der Waals surface area contributed by atoms with Crippen LogP contribution in [0.4, 0.5) is 5.82 Å². The van der Waals surface area contributed by atoms with E-state index >= 15 is 0 Å². The summed E-state index contributed by atoms with van der Waals surface area (Å²) < 4.78 is 11.2. The first-order valence-electron chi connectivity index (χ1n) is 8.53. The molecule has 0 atom stereocenters. The fourth-order valence-corrected chi connectivity index (χ4v) is 3.23. The quantitative estimate of drug-likeness (QED) is 0.920. The van der Waals surface area contributed by atoms with Crippen molar-refractivity contribution < 1.29 is 14.3 Å². The molecule has 1 N–H and O–H groups in total. The molecule has 25 heavy (non-hydrogen) atoms. The maximum absolute atomic E-state index is 12.9. The van der Waals surface area contributed by atoms with E-state index in [1.165, 1.54) is 0 Å². The summed E-state index contributed by atoms with van der Waals surface area (Å²) >= 11 is 0. The first kappa shape index (κ1) is 15.7. The summed E-state index contributed by atoms with van der Waals surface area (Å²) in [6.45, 7) is 2.38. The third-order valence-corrected chi connectivity index (χ3v) is 4.50. The number of benzene rings is 1. The van der Waals surface area contributed by atoms with Crippen LogP contribution in [0.3, 0.4) is 0 Å². The highest BCUT2D eigenvalue weighted by atomic mass is 16.6. The van der Waals surface area contributed by atoms with Gasteiger partial charge in [0.2, 0.25) is 0 Å². The smallest absolute Gasteiger partial charge is 0.257 e.